The Bertz CT molecular complexity index is 910. The number of aliphatic carboxylic acids is 1. The summed E-state index contributed by atoms with van der Waals surface area (Å²) in [5.74, 6) is -1.39. The number of amides is 1. The topological polar surface area (TPSA) is 82.2 Å². The molecule has 3 rings (SSSR count). The number of rotatable bonds is 5. The maximum absolute atomic E-state index is 12.4. The largest absolute Gasteiger partial charge is 0.480 e. The second-order valence-corrected chi connectivity index (χ2v) is 7.22. The first kappa shape index (κ1) is 16.3. The number of aromatic nitrogens is 1. The fourth-order valence-corrected chi connectivity index (χ4v) is 3.73. The van der Waals surface area contributed by atoms with Crippen molar-refractivity contribution >= 4 is 34.1 Å². The summed E-state index contributed by atoms with van der Waals surface area (Å²) in [7, 11) is 0. The van der Waals surface area contributed by atoms with Gasteiger partial charge >= 0.3 is 5.97 Å². The molecule has 0 fully saturated rings. The Morgan fingerprint density at radius 2 is 2.04 bits per heavy atom. The van der Waals surface area contributed by atoms with Gasteiger partial charge in [-0.2, -0.15) is 0 Å². The monoisotopic (exact) mass is 342 g/mol. The van der Waals surface area contributed by atoms with Gasteiger partial charge < -0.3 is 15.4 Å². The molecule has 1 amide bonds. The molecule has 2 heterocycles. The summed E-state index contributed by atoms with van der Waals surface area (Å²) in [6.45, 7) is 3.79. The average molecular weight is 342 g/mol. The highest BCUT2D eigenvalue weighted by Crippen LogP contribution is 2.22. The molecule has 24 heavy (non-hydrogen) atoms. The number of carbonyl (C=O) groups excluding carboxylic acids is 1. The van der Waals surface area contributed by atoms with Crippen molar-refractivity contribution in [3.63, 3.8) is 0 Å². The number of aromatic amines is 1. The summed E-state index contributed by atoms with van der Waals surface area (Å²) in [6, 6.07) is 8.52. The number of hydrogen-bond acceptors (Lipinski definition) is 3. The first-order valence-corrected chi connectivity index (χ1v) is 8.43. The van der Waals surface area contributed by atoms with E-state index in [9.17, 15) is 14.7 Å². The van der Waals surface area contributed by atoms with Crippen LogP contribution < -0.4 is 5.32 Å². The van der Waals surface area contributed by atoms with Crippen molar-refractivity contribution < 1.29 is 14.7 Å². The van der Waals surface area contributed by atoms with Gasteiger partial charge in [0.05, 0.1) is 5.56 Å². The van der Waals surface area contributed by atoms with Crippen molar-refractivity contribution in [3.8, 4) is 0 Å². The third-order valence-electron chi connectivity index (χ3n) is 3.99. The molecule has 5 nitrogen and oxygen atoms in total. The van der Waals surface area contributed by atoms with Crippen LogP contribution in [0.15, 0.2) is 36.5 Å². The predicted molar refractivity (Wildman–Crippen MR) is 94.7 cm³/mol. The van der Waals surface area contributed by atoms with Gasteiger partial charge in [0.25, 0.3) is 5.91 Å². The number of hydrogen-bond donors (Lipinski definition) is 3. The second kappa shape index (κ2) is 6.49. The highest BCUT2D eigenvalue weighted by atomic mass is 32.1. The third kappa shape index (κ3) is 3.19. The van der Waals surface area contributed by atoms with Gasteiger partial charge in [0.1, 0.15) is 6.04 Å². The van der Waals surface area contributed by atoms with Crippen LogP contribution in [0, 0.1) is 13.8 Å². The number of thiophene rings is 1. The van der Waals surface area contributed by atoms with Crippen LogP contribution >= 0.6 is 11.3 Å². The molecule has 6 heteroatoms. The molecular formula is C18H18N2O3S. The smallest absolute Gasteiger partial charge is 0.326 e. The van der Waals surface area contributed by atoms with E-state index in [0.717, 1.165) is 26.2 Å². The zero-order valence-electron chi connectivity index (χ0n) is 13.4. The van der Waals surface area contributed by atoms with E-state index in [4.69, 9.17) is 0 Å². The molecule has 0 spiro atoms. The molecule has 0 aliphatic carbocycles. The van der Waals surface area contributed by atoms with Crippen LogP contribution in [-0.4, -0.2) is 28.0 Å². The first-order valence-electron chi connectivity index (χ1n) is 7.61. The lowest BCUT2D eigenvalue weighted by Gasteiger charge is -2.14. The van der Waals surface area contributed by atoms with E-state index in [1.807, 2.05) is 38.1 Å². The summed E-state index contributed by atoms with van der Waals surface area (Å²) in [4.78, 5) is 29.1. The van der Waals surface area contributed by atoms with Crippen LogP contribution in [0.5, 0.6) is 0 Å². The van der Waals surface area contributed by atoms with E-state index < -0.39 is 12.0 Å². The van der Waals surface area contributed by atoms with E-state index in [1.54, 1.807) is 12.3 Å². The minimum Gasteiger partial charge on any atom is -0.480 e. The molecule has 0 saturated heterocycles. The van der Waals surface area contributed by atoms with E-state index in [-0.39, 0.29) is 12.3 Å². The molecule has 0 aliphatic rings. The van der Waals surface area contributed by atoms with Gasteiger partial charge in [-0.1, -0.05) is 18.2 Å². The van der Waals surface area contributed by atoms with Crippen molar-refractivity contribution in [1.29, 1.82) is 0 Å². The van der Waals surface area contributed by atoms with Crippen LogP contribution in [0.25, 0.3) is 10.9 Å². The summed E-state index contributed by atoms with van der Waals surface area (Å²) < 4.78 is 0. The maximum atomic E-state index is 12.4. The number of H-pyrrole nitrogens is 1. The number of aryl methyl sites for hydroxylation is 2. The number of para-hydroxylation sites is 1. The number of benzene rings is 1. The molecule has 1 atom stereocenters. The van der Waals surface area contributed by atoms with Crippen LogP contribution in [0.2, 0.25) is 0 Å². The lowest BCUT2D eigenvalue weighted by atomic mass is 10.0. The minimum absolute atomic E-state index is 0.229. The van der Waals surface area contributed by atoms with Gasteiger partial charge in [-0.25, -0.2) is 4.79 Å². The van der Waals surface area contributed by atoms with Crippen LogP contribution in [-0.2, 0) is 11.2 Å². The third-order valence-corrected chi connectivity index (χ3v) is 4.95. The standard InChI is InChI=1S/C18H18N2O3S/c1-10-7-14(11(2)24-10)17(21)20-16(18(22)23)8-12-9-19-15-6-4-3-5-13(12)15/h3-7,9,16,19H,8H2,1-2H3,(H,20,21)(H,22,23). The van der Waals surface area contributed by atoms with E-state index >= 15 is 0 Å². The maximum Gasteiger partial charge on any atom is 0.326 e. The summed E-state index contributed by atoms with van der Waals surface area (Å²) in [6.07, 6.45) is 2.03. The molecule has 0 bridgehead atoms. The highest BCUT2D eigenvalue weighted by molar-refractivity contribution is 7.12. The molecule has 1 unspecified atom stereocenters. The predicted octanol–water partition coefficient (Wildman–Crippen LogP) is 3.27. The van der Waals surface area contributed by atoms with Crippen LogP contribution in [0.1, 0.15) is 25.7 Å². The molecule has 124 valence electrons. The molecule has 0 aliphatic heterocycles. The number of carboxylic acid groups (broad SMARTS) is 1. The summed E-state index contributed by atoms with van der Waals surface area (Å²) in [5, 5.41) is 13.1. The molecular weight excluding hydrogens is 324 g/mol. The van der Waals surface area contributed by atoms with Gasteiger partial charge in [-0.15, -0.1) is 11.3 Å². The lowest BCUT2D eigenvalue weighted by molar-refractivity contribution is -0.139. The van der Waals surface area contributed by atoms with Crippen LogP contribution in [0.3, 0.4) is 0 Å². The van der Waals surface area contributed by atoms with Gasteiger partial charge in [0.15, 0.2) is 0 Å². The van der Waals surface area contributed by atoms with Crippen molar-refractivity contribution in [2.24, 2.45) is 0 Å². The Labute approximate surface area is 143 Å². The van der Waals surface area contributed by atoms with Gasteiger partial charge in [0, 0.05) is 33.3 Å². The number of nitrogens with one attached hydrogen (secondary N) is 2. The fourth-order valence-electron chi connectivity index (χ4n) is 2.81. The Morgan fingerprint density at radius 1 is 1.29 bits per heavy atom. The van der Waals surface area contributed by atoms with E-state index in [1.165, 1.54) is 11.3 Å². The van der Waals surface area contributed by atoms with E-state index in [2.05, 4.69) is 10.3 Å². The lowest BCUT2D eigenvalue weighted by Crippen LogP contribution is -2.42. The van der Waals surface area contributed by atoms with E-state index in [0.29, 0.717) is 5.56 Å². The minimum atomic E-state index is -1.04. The SMILES string of the molecule is Cc1cc(C(=O)NC(Cc2c[nH]c3ccccc23)C(=O)O)c(C)s1. The Hall–Kier alpha value is -2.60. The van der Waals surface area contributed by atoms with Crippen molar-refractivity contribution in [1.82, 2.24) is 10.3 Å². The Morgan fingerprint density at radius 3 is 2.71 bits per heavy atom. The molecule has 0 radical (unpaired) electrons. The van der Waals surface area contributed by atoms with Gasteiger partial charge in [-0.3, -0.25) is 4.79 Å². The Kier molecular flexibility index (Phi) is 4.40. The summed E-state index contributed by atoms with van der Waals surface area (Å²) >= 11 is 1.53. The quantitative estimate of drug-likeness (QED) is 0.665. The Balaban J connectivity index is 1.81. The van der Waals surface area contributed by atoms with Gasteiger partial charge in [-0.05, 0) is 31.5 Å². The van der Waals surface area contributed by atoms with Crippen LogP contribution in [0.4, 0.5) is 0 Å². The molecule has 2 aromatic heterocycles. The zero-order valence-corrected chi connectivity index (χ0v) is 14.2. The van der Waals surface area contributed by atoms with Crippen molar-refractivity contribution in [2.45, 2.75) is 26.3 Å². The zero-order chi connectivity index (χ0) is 17.3. The average Bonchev–Trinajstić information content (AvgIpc) is 3.09. The molecule has 1 aromatic carbocycles. The summed E-state index contributed by atoms with van der Waals surface area (Å²) in [5.41, 5.74) is 2.37. The number of carboxylic acids is 1. The highest BCUT2D eigenvalue weighted by Gasteiger charge is 2.23. The number of carbonyl (C=O) groups is 2. The molecule has 0 saturated carbocycles. The normalized spacial score (nSPS) is 12.2. The second-order valence-electron chi connectivity index (χ2n) is 5.75. The van der Waals surface area contributed by atoms with Gasteiger partial charge in [0.2, 0.25) is 0 Å². The molecule has 3 N–H and O–H groups in total. The fraction of sp³-hybridized carbons (Fsp3) is 0.222. The number of fused-ring (bicyclic) bond motifs is 1. The van der Waals surface area contributed by atoms with Crippen molar-refractivity contribution in [3.05, 3.63) is 57.4 Å². The molecule has 3 aromatic rings. The first-order chi connectivity index (χ1) is 11.5. The van der Waals surface area contributed by atoms with Crippen molar-refractivity contribution in [2.75, 3.05) is 0 Å².